The van der Waals surface area contributed by atoms with Crippen molar-refractivity contribution in [2.75, 3.05) is 5.75 Å². The summed E-state index contributed by atoms with van der Waals surface area (Å²) in [5.41, 5.74) is 0.921. The summed E-state index contributed by atoms with van der Waals surface area (Å²) < 4.78 is 23.3. The second kappa shape index (κ2) is 6.31. The second-order valence-corrected chi connectivity index (χ2v) is 7.29. The van der Waals surface area contributed by atoms with Crippen molar-refractivity contribution in [2.45, 2.75) is 33.8 Å². The van der Waals surface area contributed by atoms with Gasteiger partial charge >= 0.3 is 0 Å². The summed E-state index contributed by atoms with van der Waals surface area (Å²) >= 11 is 0. The predicted octanol–water partition coefficient (Wildman–Crippen LogP) is 2.47. The number of hydrogen-bond donors (Lipinski definition) is 1. The summed E-state index contributed by atoms with van der Waals surface area (Å²) in [7, 11) is -3.36. The molecule has 18 heavy (non-hydrogen) atoms. The molecule has 0 unspecified atom stereocenters. The Morgan fingerprint density at radius 1 is 1.17 bits per heavy atom. The highest BCUT2D eigenvalue weighted by atomic mass is 32.2. The number of hydrogen-bond acceptors (Lipinski definition) is 3. The summed E-state index contributed by atoms with van der Waals surface area (Å²) in [6, 6.07) is 9.42. The third-order valence-electron chi connectivity index (χ3n) is 2.39. The molecular formula is C13H21NO3S. The molecule has 1 aromatic carbocycles. The topological polar surface area (TPSA) is 55.4 Å². The van der Waals surface area contributed by atoms with Crippen LogP contribution < -0.4 is 4.89 Å². The molecule has 0 bridgehead atoms. The Hall–Kier alpha value is -0.910. The van der Waals surface area contributed by atoms with Crippen molar-refractivity contribution in [3.63, 3.8) is 0 Å². The molecule has 0 atom stereocenters. The monoisotopic (exact) mass is 271 g/mol. The van der Waals surface area contributed by atoms with E-state index >= 15 is 0 Å². The van der Waals surface area contributed by atoms with E-state index in [0.29, 0.717) is 6.42 Å². The summed E-state index contributed by atoms with van der Waals surface area (Å²) in [6.07, 6.45) is 0.594. The van der Waals surface area contributed by atoms with Gasteiger partial charge in [-0.25, -0.2) is 8.42 Å². The van der Waals surface area contributed by atoms with E-state index in [1.807, 2.05) is 51.1 Å². The van der Waals surface area contributed by atoms with Crippen LogP contribution in [0.2, 0.25) is 0 Å². The summed E-state index contributed by atoms with van der Waals surface area (Å²) in [5.74, 6) is 0.0747. The lowest BCUT2D eigenvalue weighted by Crippen LogP contribution is -2.28. The zero-order chi connectivity index (χ0) is 13.6. The molecule has 0 aromatic heterocycles. The van der Waals surface area contributed by atoms with Crippen LogP contribution in [0.25, 0.3) is 0 Å². The molecule has 0 saturated heterocycles. The highest BCUT2D eigenvalue weighted by Gasteiger charge is 2.17. The molecule has 0 heterocycles. The van der Waals surface area contributed by atoms with Crippen LogP contribution in [0, 0.1) is 5.41 Å². The highest BCUT2D eigenvalue weighted by Crippen LogP contribution is 2.18. The van der Waals surface area contributed by atoms with Gasteiger partial charge in [0.2, 0.25) is 10.0 Å². The van der Waals surface area contributed by atoms with Gasteiger partial charge in [-0.3, -0.25) is 4.84 Å². The smallest absolute Gasteiger partial charge is 0.233 e. The Bertz CT molecular complexity index is 449. The quantitative estimate of drug-likeness (QED) is 0.809. The van der Waals surface area contributed by atoms with Crippen molar-refractivity contribution in [2.24, 2.45) is 5.41 Å². The van der Waals surface area contributed by atoms with Crippen LogP contribution in [-0.2, 0) is 21.5 Å². The van der Waals surface area contributed by atoms with Crippen molar-refractivity contribution in [3.05, 3.63) is 35.9 Å². The average Bonchev–Trinajstić information content (AvgIpc) is 2.27. The van der Waals surface area contributed by atoms with Gasteiger partial charge in [-0.15, -0.1) is 0 Å². The zero-order valence-corrected chi connectivity index (χ0v) is 12.0. The van der Waals surface area contributed by atoms with Gasteiger partial charge in [-0.1, -0.05) is 56.0 Å². The maximum Gasteiger partial charge on any atom is 0.233 e. The lowest BCUT2D eigenvalue weighted by atomic mass is 9.94. The van der Waals surface area contributed by atoms with Gasteiger partial charge < -0.3 is 0 Å². The van der Waals surface area contributed by atoms with Crippen LogP contribution in [0.3, 0.4) is 0 Å². The van der Waals surface area contributed by atoms with Crippen LogP contribution in [0.15, 0.2) is 30.3 Å². The summed E-state index contributed by atoms with van der Waals surface area (Å²) in [4.78, 5) is 7.16. The van der Waals surface area contributed by atoms with Gasteiger partial charge in [0.25, 0.3) is 0 Å². The van der Waals surface area contributed by atoms with Crippen LogP contribution >= 0.6 is 0 Å². The minimum atomic E-state index is -3.36. The second-order valence-electron chi connectivity index (χ2n) is 5.49. The zero-order valence-electron chi connectivity index (χ0n) is 11.1. The minimum Gasteiger partial charge on any atom is -0.282 e. The molecule has 0 amide bonds. The molecule has 4 nitrogen and oxygen atoms in total. The van der Waals surface area contributed by atoms with Gasteiger partial charge in [0.05, 0.1) is 12.4 Å². The fourth-order valence-corrected chi connectivity index (χ4v) is 2.46. The number of benzene rings is 1. The lowest BCUT2D eigenvalue weighted by molar-refractivity contribution is 0.0793. The fraction of sp³-hybridized carbons (Fsp3) is 0.538. The molecule has 0 aliphatic rings. The first-order valence-corrected chi connectivity index (χ1v) is 7.59. The maximum atomic E-state index is 11.6. The van der Waals surface area contributed by atoms with Gasteiger partial charge in [0.1, 0.15) is 0 Å². The first kappa shape index (κ1) is 15.1. The molecule has 0 spiro atoms. The van der Waals surface area contributed by atoms with E-state index in [1.54, 1.807) is 0 Å². The molecule has 1 rings (SSSR count). The standard InChI is InChI=1S/C13H21NO3S/c1-13(2,3)9-10-18(15,16)14-17-11-12-7-5-4-6-8-12/h4-8,14H,9-11H2,1-3H3. The Morgan fingerprint density at radius 3 is 2.33 bits per heavy atom. The third-order valence-corrected chi connectivity index (χ3v) is 3.50. The third kappa shape index (κ3) is 6.74. The Morgan fingerprint density at radius 2 is 1.78 bits per heavy atom. The number of rotatable bonds is 6. The van der Waals surface area contributed by atoms with Gasteiger partial charge in [-0.05, 0) is 17.4 Å². The molecule has 0 saturated carbocycles. The minimum absolute atomic E-state index is 0.00577. The van der Waals surface area contributed by atoms with Gasteiger partial charge in [-0.2, -0.15) is 0 Å². The molecule has 5 heteroatoms. The molecule has 1 aromatic rings. The molecule has 0 fully saturated rings. The summed E-state index contributed by atoms with van der Waals surface area (Å²) in [6.45, 7) is 6.25. The molecule has 0 aliphatic carbocycles. The SMILES string of the molecule is CC(C)(C)CCS(=O)(=O)NOCc1ccccc1. The molecule has 0 aliphatic heterocycles. The van der Waals surface area contributed by atoms with Crippen LogP contribution in [-0.4, -0.2) is 14.2 Å². The Kier molecular flexibility index (Phi) is 5.31. The van der Waals surface area contributed by atoms with Crippen molar-refractivity contribution in [3.8, 4) is 0 Å². The van der Waals surface area contributed by atoms with Crippen molar-refractivity contribution in [1.29, 1.82) is 0 Å². The van der Waals surface area contributed by atoms with E-state index in [9.17, 15) is 8.42 Å². The fourth-order valence-electron chi connectivity index (χ4n) is 1.26. The highest BCUT2D eigenvalue weighted by molar-refractivity contribution is 7.89. The molecule has 102 valence electrons. The van der Waals surface area contributed by atoms with E-state index in [4.69, 9.17) is 4.84 Å². The Labute approximate surface area is 109 Å². The number of nitrogens with one attached hydrogen (secondary N) is 1. The van der Waals surface area contributed by atoms with Crippen molar-refractivity contribution in [1.82, 2.24) is 4.89 Å². The predicted molar refractivity (Wildman–Crippen MR) is 72.2 cm³/mol. The van der Waals surface area contributed by atoms with Crippen molar-refractivity contribution >= 4 is 10.0 Å². The van der Waals surface area contributed by atoms with Crippen LogP contribution in [0.4, 0.5) is 0 Å². The molecule has 0 radical (unpaired) electrons. The number of sulfonamides is 1. The molecule has 1 N–H and O–H groups in total. The van der Waals surface area contributed by atoms with E-state index < -0.39 is 10.0 Å². The summed E-state index contributed by atoms with van der Waals surface area (Å²) in [5, 5.41) is 0. The van der Waals surface area contributed by atoms with Crippen molar-refractivity contribution < 1.29 is 13.3 Å². The maximum absolute atomic E-state index is 11.6. The van der Waals surface area contributed by atoms with E-state index in [-0.39, 0.29) is 17.8 Å². The molecular weight excluding hydrogens is 250 g/mol. The first-order chi connectivity index (χ1) is 8.29. The van der Waals surface area contributed by atoms with E-state index in [0.717, 1.165) is 5.56 Å². The van der Waals surface area contributed by atoms with Gasteiger partial charge in [0, 0.05) is 0 Å². The lowest BCUT2D eigenvalue weighted by Gasteiger charge is -2.17. The average molecular weight is 271 g/mol. The van der Waals surface area contributed by atoms with E-state index in [1.165, 1.54) is 0 Å². The Balaban J connectivity index is 2.34. The largest absolute Gasteiger partial charge is 0.282 e. The van der Waals surface area contributed by atoms with Crippen LogP contribution in [0.1, 0.15) is 32.8 Å². The van der Waals surface area contributed by atoms with E-state index in [2.05, 4.69) is 4.89 Å². The first-order valence-electron chi connectivity index (χ1n) is 5.94. The normalized spacial score (nSPS) is 12.6. The van der Waals surface area contributed by atoms with Crippen LogP contribution in [0.5, 0.6) is 0 Å². The van der Waals surface area contributed by atoms with Gasteiger partial charge in [0.15, 0.2) is 0 Å².